The Morgan fingerprint density at radius 2 is 1.96 bits per heavy atom. The predicted molar refractivity (Wildman–Crippen MR) is 109 cm³/mol. The van der Waals surface area contributed by atoms with Crippen LogP contribution in [0.3, 0.4) is 0 Å². The van der Waals surface area contributed by atoms with E-state index < -0.39 is 16.1 Å². The Balaban J connectivity index is 1.70. The van der Waals surface area contributed by atoms with Crippen molar-refractivity contribution < 1.29 is 17.9 Å². The van der Waals surface area contributed by atoms with Gasteiger partial charge in [-0.3, -0.25) is 5.32 Å². The maximum absolute atomic E-state index is 12.3. The van der Waals surface area contributed by atoms with Crippen LogP contribution in [0.15, 0.2) is 39.1 Å². The predicted octanol–water partition coefficient (Wildman–Crippen LogP) is 4.25. The third kappa shape index (κ3) is 4.75. The van der Waals surface area contributed by atoms with Crippen LogP contribution in [-0.2, 0) is 17.1 Å². The Kier molecular flexibility index (Phi) is 6.15. The summed E-state index contributed by atoms with van der Waals surface area (Å²) in [5.74, 6) is 0.506. The lowest BCUT2D eigenvalue weighted by molar-refractivity contribution is 0.256. The summed E-state index contributed by atoms with van der Waals surface area (Å²) in [5, 5.41) is 6.70. The monoisotopic (exact) mass is 525 g/mol. The number of aromatic nitrogens is 3. The summed E-state index contributed by atoms with van der Waals surface area (Å²) in [6.07, 6.45) is 1.48. The number of thiazole rings is 1. The van der Waals surface area contributed by atoms with E-state index in [4.69, 9.17) is 27.9 Å². The van der Waals surface area contributed by atoms with Crippen LogP contribution in [-0.4, -0.2) is 29.2 Å². The van der Waals surface area contributed by atoms with E-state index in [9.17, 15) is 13.2 Å². The number of nitrogens with zero attached hydrogens (tertiary/aromatic N) is 3. The number of aryl methyl sites for hydroxylation is 1. The lowest BCUT2D eigenvalue weighted by Gasteiger charge is -2.09. The van der Waals surface area contributed by atoms with Gasteiger partial charge in [0.25, 0.3) is 10.0 Å². The van der Waals surface area contributed by atoms with Crippen LogP contribution in [0.4, 0.5) is 9.93 Å². The second kappa shape index (κ2) is 8.25. The Bertz CT molecular complexity index is 1130. The number of hydrogen-bond acceptors (Lipinski definition) is 7. The molecule has 148 valence electrons. The number of benzene rings is 1. The molecule has 14 heteroatoms. The summed E-state index contributed by atoms with van der Waals surface area (Å²) < 4.78 is 34.2. The molecule has 1 aromatic carbocycles. The van der Waals surface area contributed by atoms with Crippen LogP contribution >= 0.6 is 50.5 Å². The van der Waals surface area contributed by atoms with Crippen molar-refractivity contribution in [2.24, 2.45) is 7.05 Å². The number of anilines is 1. The Labute approximate surface area is 181 Å². The van der Waals surface area contributed by atoms with E-state index in [-0.39, 0.29) is 26.1 Å². The van der Waals surface area contributed by atoms with Crippen LogP contribution in [0.2, 0.25) is 10.2 Å². The van der Waals surface area contributed by atoms with Gasteiger partial charge in [0, 0.05) is 7.05 Å². The van der Waals surface area contributed by atoms with Crippen molar-refractivity contribution in [3.05, 3.63) is 44.4 Å². The minimum absolute atomic E-state index is 0.0841. The quantitative estimate of drug-likeness (QED) is 0.513. The maximum Gasteiger partial charge on any atom is 0.334 e. The zero-order chi connectivity index (χ0) is 20.5. The number of carbonyl (C=O) groups is 1. The average Bonchev–Trinajstić information content (AvgIpc) is 3.12. The van der Waals surface area contributed by atoms with Crippen LogP contribution in [0.25, 0.3) is 0 Å². The van der Waals surface area contributed by atoms with Crippen molar-refractivity contribution in [3.63, 3.8) is 0 Å². The van der Waals surface area contributed by atoms with Crippen LogP contribution < -0.4 is 14.8 Å². The topological polar surface area (TPSA) is 115 Å². The second-order valence-corrected chi connectivity index (χ2v) is 9.96. The highest BCUT2D eigenvalue weighted by Gasteiger charge is 2.19. The van der Waals surface area contributed by atoms with Crippen molar-refractivity contribution in [2.75, 3.05) is 5.32 Å². The molecule has 0 aliphatic carbocycles. The number of hydrogen-bond donors (Lipinski definition) is 2. The van der Waals surface area contributed by atoms with Gasteiger partial charge in [-0.1, -0.05) is 34.5 Å². The van der Waals surface area contributed by atoms with Gasteiger partial charge in [-0.25, -0.2) is 27.6 Å². The minimum atomic E-state index is -4.09. The Hall–Kier alpha value is -1.86. The molecule has 28 heavy (non-hydrogen) atoms. The average molecular weight is 527 g/mol. The normalized spacial score (nSPS) is 11.3. The molecule has 3 rings (SSSR count). The lowest BCUT2D eigenvalue weighted by atomic mass is 10.3. The molecule has 0 atom stereocenters. The van der Waals surface area contributed by atoms with Crippen LogP contribution in [0.1, 0.15) is 0 Å². The molecule has 3 aromatic rings. The fourth-order valence-corrected chi connectivity index (χ4v) is 4.38. The summed E-state index contributed by atoms with van der Waals surface area (Å²) >= 11 is 16.1. The number of nitrogens with one attached hydrogen (secondary N) is 2. The molecule has 0 aliphatic rings. The van der Waals surface area contributed by atoms with Gasteiger partial charge in [0.1, 0.15) is 10.8 Å². The zero-order valence-electron chi connectivity index (χ0n) is 13.8. The lowest BCUT2D eigenvalue weighted by Crippen LogP contribution is -2.34. The molecule has 0 radical (unpaired) electrons. The summed E-state index contributed by atoms with van der Waals surface area (Å²) in [4.78, 5) is 15.6. The third-order valence-corrected chi connectivity index (χ3v) is 6.61. The molecule has 2 amide bonds. The summed E-state index contributed by atoms with van der Waals surface area (Å²) in [6, 6.07) is 4.43. The van der Waals surface area contributed by atoms with Gasteiger partial charge in [-0.05, 0) is 40.2 Å². The summed E-state index contributed by atoms with van der Waals surface area (Å²) in [7, 11) is -2.50. The first-order valence-electron chi connectivity index (χ1n) is 7.27. The zero-order valence-corrected chi connectivity index (χ0v) is 18.5. The van der Waals surface area contributed by atoms with Gasteiger partial charge in [-0.2, -0.15) is 5.10 Å². The van der Waals surface area contributed by atoms with Gasteiger partial charge in [0.2, 0.25) is 5.88 Å². The summed E-state index contributed by atoms with van der Waals surface area (Å²) in [5.41, 5.74) is 0. The molecule has 0 aliphatic heterocycles. The fraction of sp³-hybridized carbons (Fsp3) is 0.0714. The molecule has 0 bridgehead atoms. The first-order valence-corrected chi connectivity index (χ1v) is 11.1. The van der Waals surface area contributed by atoms with Crippen molar-refractivity contribution in [2.45, 2.75) is 4.90 Å². The standard InChI is InChI=1S/C14H10BrCl2N5O4S2/c1-22-12(10(16)11(17)20-22)26-7-2-4-8(5-3-7)28(24,25)21-13(23)19-14-18-6-9(15)27-14/h2-6H,1H3,(H2,18,19,21,23). The molecule has 0 saturated heterocycles. The molecular weight excluding hydrogens is 517 g/mol. The van der Waals surface area contributed by atoms with Gasteiger partial charge in [0.15, 0.2) is 10.3 Å². The molecular formula is C14H10BrCl2N5O4S2. The van der Waals surface area contributed by atoms with Crippen LogP contribution in [0.5, 0.6) is 11.6 Å². The summed E-state index contributed by atoms with van der Waals surface area (Å²) in [6.45, 7) is 0. The van der Waals surface area contributed by atoms with Crippen molar-refractivity contribution >= 4 is 71.7 Å². The minimum Gasteiger partial charge on any atom is -0.438 e. The van der Waals surface area contributed by atoms with E-state index in [1.807, 2.05) is 4.72 Å². The number of ether oxygens (including phenoxy) is 1. The number of amides is 2. The first kappa shape index (κ1) is 20.9. The maximum atomic E-state index is 12.3. The number of sulfonamides is 1. The third-order valence-electron chi connectivity index (χ3n) is 3.17. The van der Waals surface area contributed by atoms with Crippen molar-refractivity contribution in [3.8, 4) is 11.6 Å². The van der Waals surface area contributed by atoms with Gasteiger partial charge < -0.3 is 4.74 Å². The number of carbonyl (C=O) groups excluding carboxylic acids is 1. The molecule has 0 unspecified atom stereocenters. The van der Waals surface area contributed by atoms with E-state index in [1.54, 1.807) is 7.05 Å². The van der Waals surface area contributed by atoms with E-state index in [0.717, 1.165) is 11.3 Å². The molecule has 2 aromatic heterocycles. The Morgan fingerprint density at radius 1 is 1.29 bits per heavy atom. The van der Waals surface area contributed by atoms with Gasteiger partial charge in [0.05, 0.1) is 14.9 Å². The van der Waals surface area contributed by atoms with E-state index in [2.05, 4.69) is 31.3 Å². The molecule has 2 heterocycles. The molecule has 0 saturated carbocycles. The first-order chi connectivity index (χ1) is 13.2. The van der Waals surface area contributed by atoms with Gasteiger partial charge >= 0.3 is 6.03 Å². The highest BCUT2D eigenvalue weighted by molar-refractivity contribution is 9.11. The fourth-order valence-electron chi connectivity index (χ4n) is 1.98. The number of rotatable bonds is 5. The van der Waals surface area contributed by atoms with Crippen LogP contribution in [0, 0.1) is 0 Å². The number of halogens is 3. The van der Waals surface area contributed by atoms with E-state index >= 15 is 0 Å². The molecule has 2 N–H and O–H groups in total. The van der Waals surface area contributed by atoms with Gasteiger partial charge in [-0.15, -0.1) is 0 Å². The largest absolute Gasteiger partial charge is 0.438 e. The van der Waals surface area contributed by atoms with E-state index in [1.165, 1.54) is 35.1 Å². The highest BCUT2D eigenvalue weighted by atomic mass is 79.9. The second-order valence-electron chi connectivity index (χ2n) is 5.14. The SMILES string of the molecule is Cn1nc(Cl)c(Cl)c1Oc1ccc(S(=O)(=O)NC(=O)Nc2ncc(Br)s2)cc1. The van der Waals surface area contributed by atoms with E-state index in [0.29, 0.717) is 9.54 Å². The molecule has 9 nitrogen and oxygen atoms in total. The Morgan fingerprint density at radius 3 is 2.50 bits per heavy atom. The smallest absolute Gasteiger partial charge is 0.334 e. The number of urea groups is 1. The van der Waals surface area contributed by atoms with Crippen molar-refractivity contribution in [1.82, 2.24) is 19.5 Å². The molecule has 0 spiro atoms. The molecule has 0 fully saturated rings. The highest BCUT2D eigenvalue weighted by Crippen LogP contribution is 2.34. The van der Waals surface area contributed by atoms with Crippen molar-refractivity contribution in [1.29, 1.82) is 0 Å².